The van der Waals surface area contributed by atoms with Gasteiger partial charge in [0.1, 0.15) is 0 Å². The third kappa shape index (κ3) is 3.39. The number of carbonyl (C=O) groups excluding carboxylic acids is 3. The van der Waals surface area contributed by atoms with Crippen LogP contribution in [0.3, 0.4) is 0 Å². The van der Waals surface area contributed by atoms with Crippen LogP contribution in [-0.4, -0.2) is 17.7 Å². The standard InChI is InChI=1S/C21H12Br2N2O3/c22-13-3-1-12(2-4-13)19(26)24-15-7-10-17-18(11-15)21(28)25(20(17)27)16-8-5-14(23)6-9-16/h1-11H,(H,24,26). The molecule has 138 valence electrons. The van der Waals surface area contributed by atoms with E-state index in [-0.39, 0.29) is 17.4 Å². The highest BCUT2D eigenvalue weighted by atomic mass is 79.9. The van der Waals surface area contributed by atoms with Crippen LogP contribution in [0.5, 0.6) is 0 Å². The lowest BCUT2D eigenvalue weighted by Gasteiger charge is -2.13. The number of benzene rings is 3. The molecule has 28 heavy (non-hydrogen) atoms. The van der Waals surface area contributed by atoms with Crippen LogP contribution in [0.2, 0.25) is 0 Å². The van der Waals surface area contributed by atoms with Gasteiger partial charge in [-0.25, -0.2) is 4.90 Å². The van der Waals surface area contributed by atoms with Crippen molar-refractivity contribution in [2.45, 2.75) is 0 Å². The minimum Gasteiger partial charge on any atom is -0.322 e. The molecule has 0 bridgehead atoms. The molecule has 3 aromatic rings. The van der Waals surface area contributed by atoms with Gasteiger partial charge in [0.25, 0.3) is 17.7 Å². The highest BCUT2D eigenvalue weighted by Crippen LogP contribution is 2.31. The molecule has 1 N–H and O–H groups in total. The number of hydrogen-bond acceptors (Lipinski definition) is 3. The molecule has 4 rings (SSSR count). The zero-order valence-electron chi connectivity index (χ0n) is 14.3. The Labute approximate surface area is 177 Å². The topological polar surface area (TPSA) is 66.5 Å². The third-order valence-corrected chi connectivity index (χ3v) is 5.39. The summed E-state index contributed by atoms with van der Waals surface area (Å²) in [6, 6.07) is 18.6. The number of hydrogen-bond donors (Lipinski definition) is 1. The van der Waals surface area contributed by atoms with Crippen molar-refractivity contribution in [1.29, 1.82) is 0 Å². The predicted molar refractivity (Wildman–Crippen MR) is 114 cm³/mol. The van der Waals surface area contributed by atoms with Gasteiger partial charge in [0, 0.05) is 20.2 Å². The number of imide groups is 1. The van der Waals surface area contributed by atoms with Crippen molar-refractivity contribution in [3.8, 4) is 0 Å². The van der Waals surface area contributed by atoms with Crippen LogP contribution in [0.15, 0.2) is 75.7 Å². The zero-order chi connectivity index (χ0) is 19.8. The Hall–Kier alpha value is -2.77. The van der Waals surface area contributed by atoms with Crippen molar-refractivity contribution in [3.63, 3.8) is 0 Å². The molecule has 0 atom stereocenters. The van der Waals surface area contributed by atoms with E-state index < -0.39 is 5.91 Å². The van der Waals surface area contributed by atoms with E-state index in [4.69, 9.17) is 0 Å². The minimum absolute atomic E-state index is 0.265. The van der Waals surface area contributed by atoms with E-state index in [1.807, 2.05) is 0 Å². The van der Waals surface area contributed by atoms with Gasteiger partial charge in [0.2, 0.25) is 0 Å². The average Bonchev–Trinajstić information content (AvgIpc) is 2.93. The molecule has 0 aliphatic carbocycles. The van der Waals surface area contributed by atoms with Crippen molar-refractivity contribution in [1.82, 2.24) is 0 Å². The third-order valence-electron chi connectivity index (χ3n) is 4.34. The normalized spacial score (nSPS) is 12.9. The van der Waals surface area contributed by atoms with Crippen LogP contribution < -0.4 is 10.2 Å². The predicted octanol–water partition coefficient (Wildman–Crippen LogP) is 5.26. The summed E-state index contributed by atoms with van der Waals surface area (Å²) in [7, 11) is 0. The van der Waals surface area contributed by atoms with Gasteiger partial charge in [-0.05, 0) is 66.7 Å². The number of amides is 3. The van der Waals surface area contributed by atoms with Crippen LogP contribution >= 0.6 is 31.9 Å². The van der Waals surface area contributed by atoms with Gasteiger partial charge in [0.05, 0.1) is 16.8 Å². The fraction of sp³-hybridized carbons (Fsp3) is 0. The van der Waals surface area contributed by atoms with Crippen LogP contribution in [0.25, 0.3) is 0 Å². The van der Waals surface area contributed by atoms with E-state index in [1.54, 1.807) is 60.7 Å². The van der Waals surface area contributed by atoms with E-state index in [2.05, 4.69) is 37.2 Å². The number of anilines is 2. The molecule has 3 amide bonds. The lowest BCUT2D eigenvalue weighted by atomic mass is 10.1. The first-order chi connectivity index (χ1) is 13.4. The summed E-state index contributed by atoms with van der Waals surface area (Å²) >= 11 is 6.66. The first-order valence-electron chi connectivity index (χ1n) is 8.29. The number of fused-ring (bicyclic) bond motifs is 1. The molecule has 3 aromatic carbocycles. The Morgan fingerprint density at radius 3 is 1.96 bits per heavy atom. The second-order valence-corrected chi connectivity index (χ2v) is 7.97. The lowest BCUT2D eigenvalue weighted by molar-refractivity contribution is 0.0924. The quantitative estimate of drug-likeness (QED) is 0.499. The number of nitrogens with one attached hydrogen (secondary N) is 1. The van der Waals surface area contributed by atoms with Crippen molar-refractivity contribution >= 4 is 61.0 Å². The van der Waals surface area contributed by atoms with E-state index >= 15 is 0 Å². The molecule has 0 radical (unpaired) electrons. The number of nitrogens with zero attached hydrogens (tertiary/aromatic N) is 1. The first kappa shape index (κ1) is 18.6. The highest BCUT2D eigenvalue weighted by molar-refractivity contribution is 9.10. The molecule has 5 nitrogen and oxygen atoms in total. The largest absolute Gasteiger partial charge is 0.322 e. The molecule has 1 aliphatic heterocycles. The maximum absolute atomic E-state index is 12.8. The summed E-state index contributed by atoms with van der Waals surface area (Å²) in [5, 5.41) is 2.76. The Bertz CT molecular complexity index is 1110. The number of rotatable bonds is 3. The summed E-state index contributed by atoms with van der Waals surface area (Å²) in [5.74, 6) is -1.09. The molecule has 0 saturated carbocycles. The van der Waals surface area contributed by atoms with E-state index in [1.165, 1.54) is 6.07 Å². The fourth-order valence-corrected chi connectivity index (χ4v) is 3.48. The van der Waals surface area contributed by atoms with Crippen LogP contribution in [0.1, 0.15) is 31.1 Å². The Morgan fingerprint density at radius 2 is 1.32 bits per heavy atom. The average molecular weight is 500 g/mol. The Kier molecular flexibility index (Phi) is 4.87. The number of halogens is 2. The molecule has 0 fully saturated rings. The molecular weight excluding hydrogens is 488 g/mol. The summed E-state index contributed by atoms with van der Waals surface area (Å²) in [6.07, 6.45) is 0. The fourth-order valence-electron chi connectivity index (χ4n) is 2.95. The van der Waals surface area contributed by atoms with Gasteiger partial charge in [-0.2, -0.15) is 0 Å². The monoisotopic (exact) mass is 498 g/mol. The van der Waals surface area contributed by atoms with Crippen molar-refractivity contribution in [2.24, 2.45) is 0 Å². The van der Waals surface area contributed by atoms with Gasteiger partial charge in [-0.15, -0.1) is 0 Å². The molecule has 7 heteroatoms. The SMILES string of the molecule is O=C(Nc1ccc2c(c1)C(=O)N(c1ccc(Br)cc1)C2=O)c1ccc(Br)cc1. The maximum Gasteiger partial charge on any atom is 0.266 e. The van der Waals surface area contributed by atoms with Crippen molar-refractivity contribution in [3.05, 3.63) is 92.4 Å². The first-order valence-corrected chi connectivity index (χ1v) is 9.88. The summed E-state index contributed by atoms with van der Waals surface area (Å²) in [4.78, 5) is 39.0. The minimum atomic E-state index is -0.415. The summed E-state index contributed by atoms with van der Waals surface area (Å²) in [5.41, 5.74) is 2.01. The van der Waals surface area contributed by atoms with Crippen LogP contribution in [-0.2, 0) is 0 Å². The molecule has 0 spiro atoms. The van der Waals surface area contributed by atoms with Crippen molar-refractivity contribution < 1.29 is 14.4 Å². The summed E-state index contributed by atoms with van der Waals surface area (Å²) < 4.78 is 1.73. The van der Waals surface area contributed by atoms with Gasteiger partial charge in [-0.1, -0.05) is 31.9 Å². The van der Waals surface area contributed by atoms with Crippen LogP contribution in [0, 0.1) is 0 Å². The molecule has 1 aliphatic rings. The van der Waals surface area contributed by atoms with Crippen molar-refractivity contribution in [2.75, 3.05) is 10.2 Å². The van der Waals surface area contributed by atoms with E-state index in [0.717, 1.165) is 13.8 Å². The van der Waals surface area contributed by atoms with Crippen LogP contribution in [0.4, 0.5) is 11.4 Å². The van der Waals surface area contributed by atoms with Gasteiger partial charge < -0.3 is 5.32 Å². The molecular formula is C21H12Br2N2O3. The molecule has 1 heterocycles. The lowest BCUT2D eigenvalue weighted by Crippen LogP contribution is -2.29. The maximum atomic E-state index is 12.8. The van der Waals surface area contributed by atoms with E-state index in [0.29, 0.717) is 22.5 Å². The Morgan fingerprint density at radius 1 is 0.750 bits per heavy atom. The molecule has 0 saturated heterocycles. The second-order valence-electron chi connectivity index (χ2n) is 6.14. The zero-order valence-corrected chi connectivity index (χ0v) is 17.5. The van der Waals surface area contributed by atoms with Gasteiger partial charge in [-0.3, -0.25) is 14.4 Å². The molecule has 0 unspecified atom stereocenters. The Balaban J connectivity index is 1.61. The second kappa shape index (κ2) is 7.33. The van der Waals surface area contributed by atoms with Gasteiger partial charge in [0.15, 0.2) is 0 Å². The number of carbonyl (C=O) groups is 3. The molecule has 0 aromatic heterocycles. The van der Waals surface area contributed by atoms with Gasteiger partial charge >= 0.3 is 0 Å². The summed E-state index contributed by atoms with van der Waals surface area (Å²) in [6.45, 7) is 0. The highest BCUT2D eigenvalue weighted by Gasteiger charge is 2.36. The smallest absolute Gasteiger partial charge is 0.266 e. The van der Waals surface area contributed by atoms with E-state index in [9.17, 15) is 14.4 Å².